The fourth-order valence-electron chi connectivity index (χ4n) is 2.96. The van der Waals surface area contributed by atoms with Gasteiger partial charge in [0, 0.05) is 19.0 Å². The average Bonchev–Trinajstić information content (AvgIpc) is 2.45. The summed E-state index contributed by atoms with van der Waals surface area (Å²) in [4.78, 5) is 16.8. The zero-order valence-corrected chi connectivity index (χ0v) is 15.3. The molecule has 4 heteroatoms. The number of nitrogens with zero attached hydrogens (tertiary/aromatic N) is 2. The number of carbonyl (C=O) groups is 1. The Balaban J connectivity index is 0.00000361. The van der Waals surface area contributed by atoms with Crippen molar-refractivity contribution >= 4 is 22.9 Å². The molecule has 0 bridgehead atoms. The molecule has 0 aromatic heterocycles. The number of amides is 1. The smallest absolute Gasteiger partial charge is 0.225 e. The van der Waals surface area contributed by atoms with Gasteiger partial charge < -0.3 is 9.80 Å². The van der Waals surface area contributed by atoms with Crippen molar-refractivity contribution in [3.8, 4) is 0 Å². The van der Waals surface area contributed by atoms with Gasteiger partial charge in [-0.3, -0.25) is 4.79 Å². The second-order valence-corrected chi connectivity index (χ2v) is 5.69. The molecular weight excluding hydrogens is 316 g/mol. The van der Waals surface area contributed by atoms with Gasteiger partial charge in [-0.25, -0.2) is 0 Å². The number of halogens is 1. The Morgan fingerprint density at radius 1 is 1.05 bits per heavy atom. The fraction of sp³-hybridized carbons (Fsp3) is 0.938. The van der Waals surface area contributed by atoms with E-state index >= 15 is 0 Å². The van der Waals surface area contributed by atoms with Crippen molar-refractivity contribution in [2.45, 2.75) is 59.3 Å². The van der Waals surface area contributed by atoms with Crippen LogP contribution in [0.5, 0.6) is 0 Å². The van der Waals surface area contributed by atoms with Crippen molar-refractivity contribution < 1.29 is 4.79 Å². The largest absolute Gasteiger partial charge is 0.343 e. The number of unbranched alkanes of at least 4 members (excludes halogenated alkanes) is 3. The molecule has 1 rings (SSSR count). The van der Waals surface area contributed by atoms with Gasteiger partial charge >= 0.3 is 0 Å². The Morgan fingerprint density at radius 2 is 1.65 bits per heavy atom. The molecule has 1 fully saturated rings. The summed E-state index contributed by atoms with van der Waals surface area (Å²) in [5, 5.41) is 0. The van der Waals surface area contributed by atoms with Crippen molar-refractivity contribution in [1.29, 1.82) is 0 Å². The van der Waals surface area contributed by atoms with E-state index in [2.05, 4.69) is 25.7 Å². The van der Waals surface area contributed by atoms with Crippen LogP contribution in [0.4, 0.5) is 0 Å². The lowest BCUT2D eigenvalue weighted by atomic mass is 9.95. The molecule has 0 radical (unpaired) electrons. The molecule has 20 heavy (non-hydrogen) atoms. The van der Waals surface area contributed by atoms with E-state index in [1.165, 1.54) is 32.2 Å². The second-order valence-electron chi connectivity index (χ2n) is 5.69. The maximum Gasteiger partial charge on any atom is 0.225 e. The molecule has 0 saturated carbocycles. The minimum Gasteiger partial charge on any atom is -0.343 e. The standard InChI is InChI=1S/C16H32N2O.BrH/c1-4-7-8-9-12-17-13-10-15(11-14-17)16(19)18(5-2)6-3;/h15H,4-14H2,1-3H3;1H. The third kappa shape index (κ3) is 6.57. The summed E-state index contributed by atoms with van der Waals surface area (Å²) >= 11 is 0. The average molecular weight is 349 g/mol. The maximum absolute atomic E-state index is 12.3. The van der Waals surface area contributed by atoms with Crippen LogP contribution in [0.1, 0.15) is 59.3 Å². The lowest BCUT2D eigenvalue weighted by Gasteiger charge is -2.33. The van der Waals surface area contributed by atoms with Crippen molar-refractivity contribution in [2.75, 3.05) is 32.7 Å². The van der Waals surface area contributed by atoms with Crippen molar-refractivity contribution in [2.24, 2.45) is 5.92 Å². The van der Waals surface area contributed by atoms with Gasteiger partial charge in [-0.05, 0) is 52.7 Å². The van der Waals surface area contributed by atoms with Gasteiger partial charge in [0.15, 0.2) is 0 Å². The third-order valence-electron chi connectivity index (χ3n) is 4.34. The molecule has 0 aromatic rings. The van der Waals surface area contributed by atoms with Crippen molar-refractivity contribution in [1.82, 2.24) is 9.80 Å². The first kappa shape index (κ1) is 19.9. The van der Waals surface area contributed by atoms with Crippen LogP contribution in [-0.4, -0.2) is 48.4 Å². The minimum absolute atomic E-state index is 0. The third-order valence-corrected chi connectivity index (χ3v) is 4.34. The SMILES string of the molecule is Br.CCCCCCN1CCC(C(=O)N(CC)CC)CC1. The molecule has 0 spiro atoms. The highest BCUT2D eigenvalue weighted by atomic mass is 79.9. The number of likely N-dealkylation sites (tertiary alicyclic amines) is 1. The zero-order valence-electron chi connectivity index (χ0n) is 13.6. The summed E-state index contributed by atoms with van der Waals surface area (Å²) in [5.41, 5.74) is 0. The van der Waals surface area contributed by atoms with Gasteiger partial charge in [0.1, 0.15) is 0 Å². The van der Waals surface area contributed by atoms with Crippen molar-refractivity contribution in [3.05, 3.63) is 0 Å². The summed E-state index contributed by atoms with van der Waals surface area (Å²) in [6.45, 7) is 11.6. The molecule has 1 aliphatic heterocycles. The summed E-state index contributed by atoms with van der Waals surface area (Å²) in [6, 6.07) is 0. The number of piperidine rings is 1. The monoisotopic (exact) mass is 348 g/mol. The molecule has 0 aromatic carbocycles. The Kier molecular flexibility index (Phi) is 11.5. The Bertz CT molecular complexity index is 249. The van der Waals surface area contributed by atoms with Crippen LogP contribution >= 0.6 is 17.0 Å². The quantitative estimate of drug-likeness (QED) is 0.624. The molecular formula is C16H33BrN2O. The fourth-order valence-corrected chi connectivity index (χ4v) is 2.96. The van der Waals surface area contributed by atoms with E-state index in [-0.39, 0.29) is 22.9 Å². The van der Waals surface area contributed by atoms with Crippen LogP contribution in [0.15, 0.2) is 0 Å². The molecule has 1 aliphatic rings. The lowest BCUT2D eigenvalue weighted by Crippen LogP contribution is -2.42. The van der Waals surface area contributed by atoms with Crippen molar-refractivity contribution in [3.63, 3.8) is 0 Å². The van der Waals surface area contributed by atoms with Crippen LogP contribution in [0, 0.1) is 5.92 Å². The molecule has 1 amide bonds. The van der Waals surface area contributed by atoms with E-state index in [4.69, 9.17) is 0 Å². The molecule has 3 nitrogen and oxygen atoms in total. The Hall–Kier alpha value is -0.0900. The molecule has 0 unspecified atom stereocenters. The van der Waals surface area contributed by atoms with Crippen LogP contribution in [-0.2, 0) is 4.79 Å². The first-order valence-corrected chi connectivity index (χ1v) is 8.24. The van der Waals surface area contributed by atoms with Crippen LogP contribution in [0.3, 0.4) is 0 Å². The predicted molar refractivity (Wildman–Crippen MR) is 91.6 cm³/mol. The summed E-state index contributed by atoms with van der Waals surface area (Å²) in [7, 11) is 0. The van der Waals surface area contributed by atoms with Crippen LogP contribution in [0.25, 0.3) is 0 Å². The highest BCUT2D eigenvalue weighted by molar-refractivity contribution is 8.93. The lowest BCUT2D eigenvalue weighted by molar-refractivity contribution is -0.136. The highest BCUT2D eigenvalue weighted by Crippen LogP contribution is 2.20. The van der Waals surface area contributed by atoms with E-state index in [0.29, 0.717) is 5.91 Å². The number of hydrogen-bond acceptors (Lipinski definition) is 2. The van der Waals surface area contributed by atoms with Crippen LogP contribution in [0.2, 0.25) is 0 Å². The van der Waals surface area contributed by atoms with E-state index in [0.717, 1.165) is 39.0 Å². The van der Waals surface area contributed by atoms with Gasteiger partial charge in [-0.15, -0.1) is 17.0 Å². The highest BCUT2D eigenvalue weighted by Gasteiger charge is 2.26. The molecule has 1 heterocycles. The Morgan fingerprint density at radius 3 is 2.15 bits per heavy atom. The van der Waals surface area contributed by atoms with E-state index in [9.17, 15) is 4.79 Å². The molecule has 0 N–H and O–H groups in total. The summed E-state index contributed by atoms with van der Waals surface area (Å²) < 4.78 is 0. The second kappa shape index (κ2) is 11.6. The number of carbonyl (C=O) groups excluding carboxylic acids is 1. The van der Waals surface area contributed by atoms with Gasteiger partial charge in [0.25, 0.3) is 0 Å². The predicted octanol–water partition coefficient (Wildman–Crippen LogP) is 3.73. The van der Waals surface area contributed by atoms with Gasteiger partial charge in [-0.2, -0.15) is 0 Å². The first-order valence-electron chi connectivity index (χ1n) is 8.24. The van der Waals surface area contributed by atoms with Gasteiger partial charge in [-0.1, -0.05) is 26.2 Å². The molecule has 120 valence electrons. The maximum atomic E-state index is 12.3. The summed E-state index contributed by atoms with van der Waals surface area (Å²) in [6.07, 6.45) is 7.46. The molecule has 0 atom stereocenters. The first-order chi connectivity index (χ1) is 9.22. The molecule has 0 aliphatic carbocycles. The van der Waals surface area contributed by atoms with Gasteiger partial charge in [0.05, 0.1) is 0 Å². The Labute approximate surface area is 135 Å². The van der Waals surface area contributed by atoms with E-state index in [1.54, 1.807) is 0 Å². The summed E-state index contributed by atoms with van der Waals surface area (Å²) in [5.74, 6) is 0.669. The zero-order chi connectivity index (χ0) is 14.1. The molecule has 1 saturated heterocycles. The van der Waals surface area contributed by atoms with Gasteiger partial charge in [0.2, 0.25) is 5.91 Å². The number of hydrogen-bond donors (Lipinski definition) is 0. The van der Waals surface area contributed by atoms with E-state index < -0.39 is 0 Å². The van der Waals surface area contributed by atoms with E-state index in [1.807, 2.05) is 4.90 Å². The minimum atomic E-state index is 0. The number of rotatable bonds is 8. The van der Waals surface area contributed by atoms with Crippen LogP contribution < -0.4 is 0 Å². The normalized spacial score (nSPS) is 16.8. The topological polar surface area (TPSA) is 23.6 Å².